The third-order valence-electron chi connectivity index (χ3n) is 3.16. The van der Waals surface area contributed by atoms with Crippen molar-refractivity contribution in [3.8, 4) is 5.75 Å². The van der Waals surface area contributed by atoms with Gasteiger partial charge in [-0.2, -0.15) is 12.7 Å². The van der Waals surface area contributed by atoms with Gasteiger partial charge in [0.25, 0.3) is 0 Å². The lowest BCUT2D eigenvalue weighted by molar-refractivity contribution is 0.329. The largest absolute Gasteiger partial charge is 0.490 e. The molecule has 0 radical (unpaired) electrons. The zero-order chi connectivity index (χ0) is 14.4. The maximum atomic E-state index is 12.3. The average molecular weight is 299 g/mol. The smallest absolute Gasteiger partial charge is 0.301 e. The molecule has 0 bridgehead atoms. The molecule has 6 nitrogen and oxygen atoms in total. The van der Waals surface area contributed by atoms with Crippen LogP contribution in [0.4, 0.5) is 5.69 Å². The van der Waals surface area contributed by atoms with Gasteiger partial charge in [-0.1, -0.05) is 18.6 Å². The maximum absolute atomic E-state index is 12.3. The highest BCUT2D eigenvalue weighted by Gasteiger charge is 2.24. The van der Waals surface area contributed by atoms with Crippen LogP contribution in [0.2, 0.25) is 0 Å². The number of para-hydroxylation sites is 2. The summed E-state index contributed by atoms with van der Waals surface area (Å²) < 4.78 is 34.2. The molecular weight excluding hydrogens is 278 g/mol. The molecule has 2 rings (SSSR count). The first-order valence-electron chi connectivity index (χ1n) is 6.83. The topological polar surface area (TPSA) is 84.7 Å². The van der Waals surface area contributed by atoms with E-state index in [2.05, 4.69) is 4.72 Å². The quantitative estimate of drug-likeness (QED) is 0.825. The van der Waals surface area contributed by atoms with E-state index in [9.17, 15) is 8.42 Å². The minimum atomic E-state index is -3.51. The molecular formula is C13H21N3O3S. The Morgan fingerprint density at radius 3 is 2.60 bits per heavy atom. The van der Waals surface area contributed by atoms with Gasteiger partial charge < -0.3 is 10.5 Å². The predicted molar refractivity (Wildman–Crippen MR) is 79.0 cm³/mol. The molecule has 0 atom stereocenters. The van der Waals surface area contributed by atoms with Crippen molar-refractivity contribution < 1.29 is 13.2 Å². The van der Waals surface area contributed by atoms with Gasteiger partial charge in [0.2, 0.25) is 0 Å². The minimum Gasteiger partial charge on any atom is -0.490 e. The Labute approximate surface area is 120 Å². The highest BCUT2D eigenvalue weighted by Crippen LogP contribution is 2.26. The van der Waals surface area contributed by atoms with Gasteiger partial charge in [-0.3, -0.25) is 4.72 Å². The van der Waals surface area contributed by atoms with Crippen molar-refractivity contribution in [1.29, 1.82) is 0 Å². The summed E-state index contributed by atoms with van der Waals surface area (Å²) in [5.41, 5.74) is 5.85. The molecule has 0 amide bonds. The second-order valence-corrected chi connectivity index (χ2v) is 6.37. The van der Waals surface area contributed by atoms with Crippen LogP contribution in [0.25, 0.3) is 0 Å². The van der Waals surface area contributed by atoms with Gasteiger partial charge in [0, 0.05) is 19.6 Å². The monoisotopic (exact) mass is 299 g/mol. The molecule has 3 N–H and O–H groups in total. The number of rotatable bonds is 6. The number of nitrogens with one attached hydrogen (secondary N) is 1. The van der Waals surface area contributed by atoms with Crippen LogP contribution in [0.1, 0.15) is 19.3 Å². The molecule has 20 heavy (non-hydrogen) atoms. The van der Waals surface area contributed by atoms with Crippen molar-refractivity contribution in [1.82, 2.24) is 4.31 Å². The highest BCUT2D eigenvalue weighted by molar-refractivity contribution is 7.90. The van der Waals surface area contributed by atoms with Crippen LogP contribution in [0.5, 0.6) is 5.75 Å². The molecule has 0 aromatic heterocycles. The van der Waals surface area contributed by atoms with E-state index in [1.807, 2.05) is 0 Å². The van der Waals surface area contributed by atoms with Crippen LogP contribution in [0.15, 0.2) is 24.3 Å². The predicted octanol–water partition coefficient (Wildman–Crippen LogP) is 1.17. The van der Waals surface area contributed by atoms with Gasteiger partial charge >= 0.3 is 10.2 Å². The second kappa shape index (κ2) is 6.92. The number of hydrogen-bond donors (Lipinski definition) is 2. The van der Waals surface area contributed by atoms with Crippen molar-refractivity contribution in [3.63, 3.8) is 0 Å². The van der Waals surface area contributed by atoms with E-state index in [1.165, 1.54) is 4.31 Å². The Morgan fingerprint density at radius 2 is 1.90 bits per heavy atom. The lowest BCUT2D eigenvalue weighted by atomic mass is 10.2. The molecule has 1 fully saturated rings. The molecule has 0 unspecified atom stereocenters. The Balaban J connectivity index is 2.11. The summed E-state index contributed by atoms with van der Waals surface area (Å²) in [5.74, 6) is 0.499. The SMILES string of the molecule is NCCOc1ccccc1NS(=O)(=O)N1CCCCC1. The number of benzene rings is 1. The molecule has 1 aromatic rings. The molecule has 1 aliphatic rings. The standard InChI is InChI=1S/C13H21N3O3S/c14-8-11-19-13-7-3-2-6-12(13)15-20(17,18)16-9-4-1-5-10-16/h2-3,6-7,15H,1,4-5,8-11,14H2. The fourth-order valence-corrected chi connectivity index (χ4v) is 3.47. The van der Waals surface area contributed by atoms with E-state index in [0.29, 0.717) is 37.7 Å². The van der Waals surface area contributed by atoms with Crippen LogP contribution in [-0.4, -0.2) is 39.0 Å². The van der Waals surface area contributed by atoms with Crippen LogP contribution >= 0.6 is 0 Å². The van der Waals surface area contributed by atoms with Crippen molar-refractivity contribution in [2.24, 2.45) is 5.73 Å². The number of piperidine rings is 1. The molecule has 0 aliphatic carbocycles. The molecule has 0 spiro atoms. The third kappa shape index (κ3) is 3.84. The average Bonchev–Trinajstić information content (AvgIpc) is 2.47. The molecule has 0 saturated carbocycles. The summed E-state index contributed by atoms with van der Waals surface area (Å²) in [4.78, 5) is 0. The van der Waals surface area contributed by atoms with Crippen LogP contribution in [0.3, 0.4) is 0 Å². The summed E-state index contributed by atoms with van der Waals surface area (Å²) in [6.45, 7) is 1.87. The summed E-state index contributed by atoms with van der Waals surface area (Å²) in [6.07, 6.45) is 2.90. The zero-order valence-corrected chi connectivity index (χ0v) is 12.2. The molecule has 1 aromatic carbocycles. The Hall–Kier alpha value is -1.31. The van der Waals surface area contributed by atoms with E-state index < -0.39 is 10.2 Å². The summed E-state index contributed by atoms with van der Waals surface area (Å²) in [5, 5.41) is 0. The highest BCUT2D eigenvalue weighted by atomic mass is 32.2. The summed E-state index contributed by atoms with van der Waals surface area (Å²) in [7, 11) is -3.51. The first kappa shape index (κ1) is 15.1. The van der Waals surface area contributed by atoms with E-state index in [-0.39, 0.29) is 0 Å². The molecule has 1 saturated heterocycles. The van der Waals surface area contributed by atoms with E-state index in [1.54, 1.807) is 24.3 Å². The lowest BCUT2D eigenvalue weighted by Crippen LogP contribution is -2.39. The van der Waals surface area contributed by atoms with Crippen LogP contribution < -0.4 is 15.2 Å². The molecule has 1 aliphatic heterocycles. The summed E-state index contributed by atoms with van der Waals surface area (Å²) in [6, 6.07) is 6.98. The first-order chi connectivity index (χ1) is 9.63. The lowest BCUT2D eigenvalue weighted by Gasteiger charge is -2.26. The van der Waals surface area contributed by atoms with Crippen molar-refractivity contribution in [2.45, 2.75) is 19.3 Å². The van der Waals surface area contributed by atoms with Gasteiger partial charge in [0.05, 0.1) is 5.69 Å². The van der Waals surface area contributed by atoms with Crippen molar-refractivity contribution in [3.05, 3.63) is 24.3 Å². The van der Waals surface area contributed by atoms with Crippen LogP contribution in [-0.2, 0) is 10.2 Å². The number of ether oxygens (including phenoxy) is 1. The Kier molecular flexibility index (Phi) is 5.22. The van der Waals surface area contributed by atoms with Gasteiger partial charge in [-0.15, -0.1) is 0 Å². The third-order valence-corrected chi connectivity index (χ3v) is 4.68. The fourth-order valence-electron chi connectivity index (χ4n) is 2.15. The number of hydrogen-bond acceptors (Lipinski definition) is 4. The minimum absolute atomic E-state index is 0.350. The van der Waals surface area contributed by atoms with Gasteiger partial charge in [-0.05, 0) is 25.0 Å². The van der Waals surface area contributed by atoms with Crippen molar-refractivity contribution >= 4 is 15.9 Å². The maximum Gasteiger partial charge on any atom is 0.301 e. The van der Waals surface area contributed by atoms with Crippen molar-refractivity contribution in [2.75, 3.05) is 31.0 Å². The zero-order valence-electron chi connectivity index (χ0n) is 11.4. The normalized spacial score (nSPS) is 16.9. The number of anilines is 1. The second-order valence-electron chi connectivity index (χ2n) is 4.70. The van der Waals surface area contributed by atoms with E-state index >= 15 is 0 Å². The Morgan fingerprint density at radius 1 is 1.20 bits per heavy atom. The van der Waals surface area contributed by atoms with Crippen LogP contribution in [0, 0.1) is 0 Å². The first-order valence-corrected chi connectivity index (χ1v) is 8.27. The molecule has 7 heteroatoms. The van der Waals surface area contributed by atoms with E-state index in [4.69, 9.17) is 10.5 Å². The fraction of sp³-hybridized carbons (Fsp3) is 0.538. The number of nitrogens with zero attached hydrogens (tertiary/aromatic N) is 1. The molecule has 1 heterocycles. The van der Waals surface area contributed by atoms with E-state index in [0.717, 1.165) is 19.3 Å². The summed E-state index contributed by atoms with van der Waals surface area (Å²) >= 11 is 0. The van der Waals surface area contributed by atoms with Gasteiger partial charge in [-0.25, -0.2) is 0 Å². The Bertz CT molecular complexity index is 527. The number of nitrogens with two attached hydrogens (primary N) is 1. The van der Waals surface area contributed by atoms with Gasteiger partial charge in [0.15, 0.2) is 0 Å². The molecule has 112 valence electrons. The van der Waals surface area contributed by atoms with Gasteiger partial charge in [0.1, 0.15) is 12.4 Å².